The Balaban J connectivity index is 2.00. The van der Waals surface area contributed by atoms with Gasteiger partial charge in [-0.2, -0.15) is 4.89 Å². The second kappa shape index (κ2) is 11.2. The number of aliphatic hydroxyl groups is 1. The van der Waals surface area contributed by atoms with Crippen molar-refractivity contribution in [1.82, 2.24) is 4.90 Å². The molecular formula is C28H33NO5. The highest BCUT2D eigenvalue weighted by molar-refractivity contribution is 5.54. The fourth-order valence-corrected chi connectivity index (χ4v) is 5.13. The number of β-amino-alcohol motifs (C(OH)–C–C–N with tert-alkyl or cyclic N) is 1. The molecule has 1 aliphatic rings. The van der Waals surface area contributed by atoms with Crippen molar-refractivity contribution >= 4 is 0 Å². The molecule has 2 unspecified atom stereocenters. The lowest BCUT2D eigenvalue weighted by molar-refractivity contribution is -0.447. The van der Waals surface area contributed by atoms with Crippen molar-refractivity contribution in [3.05, 3.63) is 108 Å². The molecule has 34 heavy (non-hydrogen) atoms. The molecule has 1 fully saturated rings. The van der Waals surface area contributed by atoms with Gasteiger partial charge in [-0.25, -0.2) is 4.89 Å². The lowest BCUT2D eigenvalue weighted by Crippen LogP contribution is -2.65. The maximum atomic E-state index is 11.9. The SMILES string of the molecule is COOC(OC)(C(O)CN1CCOCC1)C(c1ccccc1)(c1ccccc1)c1ccccc1. The number of methoxy groups -OCH3 is 1. The van der Waals surface area contributed by atoms with Gasteiger partial charge in [0.05, 0.1) is 20.3 Å². The number of hydrogen-bond donors (Lipinski definition) is 1. The lowest BCUT2D eigenvalue weighted by atomic mass is 9.62. The highest BCUT2D eigenvalue weighted by atomic mass is 17.2. The monoisotopic (exact) mass is 463 g/mol. The van der Waals surface area contributed by atoms with Crippen LogP contribution < -0.4 is 0 Å². The standard InChI is InChI=1S/C28H33NO5/c1-31-28(34-32-2,26(30)22-29-18-20-33-21-19-29)27(23-12-6-3-7-13-23,24-14-8-4-9-15-24)25-16-10-5-11-17-25/h3-17,26,30H,18-22H2,1-2H3. The van der Waals surface area contributed by atoms with Crippen molar-refractivity contribution in [2.24, 2.45) is 0 Å². The molecule has 6 nitrogen and oxygen atoms in total. The Labute approximate surface area is 201 Å². The molecule has 1 aliphatic heterocycles. The summed E-state index contributed by atoms with van der Waals surface area (Å²) in [6.45, 7) is 3.02. The van der Waals surface area contributed by atoms with Gasteiger partial charge in [0.25, 0.3) is 0 Å². The van der Waals surface area contributed by atoms with Gasteiger partial charge in [-0.15, -0.1) is 0 Å². The van der Waals surface area contributed by atoms with Crippen molar-refractivity contribution < 1.29 is 24.4 Å². The molecule has 1 N–H and O–H groups in total. The van der Waals surface area contributed by atoms with Crippen LogP contribution in [0.25, 0.3) is 0 Å². The van der Waals surface area contributed by atoms with Crippen LogP contribution in [-0.4, -0.2) is 69.0 Å². The molecular weight excluding hydrogens is 430 g/mol. The van der Waals surface area contributed by atoms with Crippen LogP contribution in [0.4, 0.5) is 0 Å². The maximum absolute atomic E-state index is 11.9. The summed E-state index contributed by atoms with van der Waals surface area (Å²) in [5.41, 5.74) is 1.67. The third-order valence-corrected chi connectivity index (χ3v) is 6.63. The Hall–Kier alpha value is -2.58. The minimum absolute atomic E-state index is 0.328. The van der Waals surface area contributed by atoms with E-state index in [-0.39, 0.29) is 0 Å². The minimum Gasteiger partial charge on any atom is -0.386 e. The zero-order valence-corrected chi connectivity index (χ0v) is 19.8. The van der Waals surface area contributed by atoms with E-state index in [2.05, 4.69) is 4.90 Å². The first-order valence-corrected chi connectivity index (χ1v) is 11.6. The van der Waals surface area contributed by atoms with Crippen LogP contribution in [0.1, 0.15) is 16.7 Å². The summed E-state index contributed by atoms with van der Waals surface area (Å²) in [4.78, 5) is 13.6. The van der Waals surface area contributed by atoms with Crippen LogP contribution in [0.3, 0.4) is 0 Å². The fraction of sp³-hybridized carbons (Fsp3) is 0.357. The first-order chi connectivity index (χ1) is 16.7. The van der Waals surface area contributed by atoms with E-state index in [0.717, 1.165) is 29.8 Å². The van der Waals surface area contributed by atoms with Crippen LogP contribution in [-0.2, 0) is 24.7 Å². The Morgan fingerprint density at radius 2 is 1.24 bits per heavy atom. The highest BCUT2D eigenvalue weighted by Crippen LogP contribution is 2.51. The number of ether oxygens (including phenoxy) is 2. The molecule has 3 aromatic carbocycles. The average Bonchev–Trinajstić information content (AvgIpc) is 2.91. The van der Waals surface area contributed by atoms with Gasteiger partial charge < -0.3 is 14.6 Å². The normalized spacial score (nSPS) is 17.7. The number of aliphatic hydroxyl groups excluding tert-OH is 1. The average molecular weight is 464 g/mol. The predicted molar refractivity (Wildman–Crippen MR) is 130 cm³/mol. The summed E-state index contributed by atoms with van der Waals surface area (Å²) in [6, 6.07) is 30.0. The summed E-state index contributed by atoms with van der Waals surface area (Å²) in [7, 11) is 3.01. The highest BCUT2D eigenvalue weighted by Gasteiger charge is 2.62. The molecule has 0 bridgehead atoms. The number of benzene rings is 3. The van der Waals surface area contributed by atoms with E-state index < -0.39 is 17.3 Å². The molecule has 0 spiro atoms. The maximum Gasteiger partial charge on any atom is 0.246 e. The Morgan fingerprint density at radius 3 is 1.62 bits per heavy atom. The summed E-state index contributed by atoms with van der Waals surface area (Å²) >= 11 is 0. The smallest absolute Gasteiger partial charge is 0.246 e. The zero-order valence-electron chi connectivity index (χ0n) is 19.8. The molecule has 1 saturated heterocycles. The summed E-state index contributed by atoms with van der Waals surface area (Å²) in [6.07, 6.45) is -1.07. The van der Waals surface area contributed by atoms with Crippen LogP contribution in [0.2, 0.25) is 0 Å². The number of hydrogen-bond acceptors (Lipinski definition) is 6. The fourth-order valence-electron chi connectivity index (χ4n) is 5.13. The molecule has 180 valence electrons. The number of rotatable bonds is 10. The third kappa shape index (κ3) is 4.41. The van der Waals surface area contributed by atoms with Gasteiger partial charge in [-0.3, -0.25) is 4.90 Å². The second-order valence-corrected chi connectivity index (χ2v) is 8.40. The molecule has 1 heterocycles. The minimum atomic E-state index is -1.62. The lowest BCUT2D eigenvalue weighted by Gasteiger charge is -2.51. The molecule has 3 aromatic rings. The van der Waals surface area contributed by atoms with Crippen molar-refractivity contribution in [3.8, 4) is 0 Å². The summed E-state index contributed by atoms with van der Waals surface area (Å²) in [5.74, 6) is -1.62. The first-order valence-electron chi connectivity index (χ1n) is 11.6. The Kier molecular flexibility index (Phi) is 8.11. The number of morpholine rings is 1. The Bertz CT molecular complexity index is 898. The Morgan fingerprint density at radius 1 is 0.794 bits per heavy atom. The summed E-state index contributed by atoms with van der Waals surface area (Å²) < 4.78 is 11.8. The topological polar surface area (TPSA) is 60.4 Å². The van der Waals surface area contributed by atoms with E-state index in [1.807, 2.05) is 91.0 Å². The van der Waals surface area contributed by atoms with Gasteiger partial charge in [0.1, 0.15) is 11.5 Å². The second-order valence-electron chi connectivity index (χ2n) is 8.40. The quantitative estimate of drug-likeness (QED) is 0.214. The largest absolute Gasteiger partial charge is 0.386 e. The molecule has 0 saturated carbocycles. The third-order valence-electron chi connectivity index (χ3n) is 6.63. The molecule has 4 rings (SSSR count). The van der Waals surface area contributed by atoms with E-state index in [4.69, 9.17) is 19.2 Å². The van der Waals surface area contributed by atoms with Gasteiger partial charge in [-0.05, 0) is 16.7 Å². The zero-order chi connectivity index (χ0) is 23.9. The van der Waals surface area contributed by atoms with Gasteiger partial charge in [-0.1, -0.05) is 91.0 Å². The summed E-state index contributed by atoms with van der Waals surface area (Å²) in [5, 5.41) is 11.9. The van der Waals surface area contributed by atoms with E-state index in [0.29, 0.717) is 19.8 Å². The molecule has 2 atom stereocenters. The van der Waals surface area contributed by atoms with Crippen molar-refractivity contribution in [1.29, 1.82) is 0 Å². The van der Waals surface area contributed by atoms with Crippen LogP contribution in [0, 0.1) is 0 Å². The number of nitrogens with zero attached hydrogens (tertiary/aromatic N) is 1. The van der Waals surface area contributed by atoms with Gasteiger partial charge in [0.2, 0.25) is 5.79 Å². The van der Waals surface area contributed by atoms with Crippen LogP contribution in [0.5, 0.6) is 0 Å². The molecule has 0 radical (unpaired) electrons. The molecule has 0 amide bonds. The van der Waals surface area contributed by atoms with Gasteiger partial charge >= 0.3 is 0 Å². The van der Waals surface area contributed by atoms with E-state index >= 15 is 0 Å². The van der Waals surface area contributed by atoms with Crippen molar-refractivity contribution in [2.75, 3.05) is 47.1 Å². The first kappa shape index (κ1) is 24.5. The van der Waals surface area contributed by atoms with E-state index in [1.54, 1.807) is 7.11 Å². The van der Waals surface area contributed by atoms with E-state index in [1.165, 1.54) is 7.11 Å². The molecule has 0 aliphatic carbocycles. The van der Waals surface area contributed by atoms with Gasteiger partial charge in [0, 0.05) is 26.7 Å². The van der Waals surface area contributed by atoms with Crippen molar-refractivity contribution in [3.63, 3.8) is 0 Å². The van der Waals surface area contributed by atoms with E-state index in [9.17, 15) is 5.11 Å². The molecule has 6 heteroatoms. The predicted octanol–water partition coefficient (Wildman–Crippen LogP) is 3.63. The van der Waals surface area contributed by atoms with Crippen LogP contribution >= 0.6 is 0 Å². The van der Waals surface area contributed by atoms with Crippen LogP contribution in [0.15, 0.2) is 91.0 Å². The molecule has 0 aromatic heterocycles. The van der Waals surface area contributed by atoms with Gasteiger partial charge in [0.15, 0.2) is 0 Å². The van der Waals surface area contributed by atoms with Crippen molar-refractivity contribution in [2.45, 2.75) is 17.3 Å².